The number of amides is 1. The first-order valence-electron chi connectivity index (χ1n) is 13.2. The van der Waals surface area contributed by atoms with Crippen molar-refractivity contribution in [2.24, 2.45) is 0 Å². The Balaban J connectivity index is 1.46. The van der Waals surface area contributed by atoms with Gasteiger partial charge < -0.3 is 31.5 Å². The van der Waals surface area contributed by atoms with Gasteiger partial charge in [-0.3, -0.25) is 4.79 Å². The van der Waals surface area contributed by atoms with Crippen LogP contribution in [0.3, 0.4) is 0 Å². The molecule has 2 heterocycles. The molecule has 0 saturated heterocycles. The summed E-state index contributed by atoms with van der Waals surface area (Å²) >= 11 is 0. The summed E-state index contributed by atoms with van der Waals surface area (Å²) in [7, 11) is 1.71. The number of rotatable bonds is 12. The molecule has 1 amide bonds. The summed E-state index contributed by atoms with van der Waals surface area (Å²) in [5.41, 5.74) is 3.52. The van der Waals surface area contributed by atoms with Gasteiger partial charge in [0.2, 0.25) is 0 Å². The van der Waals surface area contributed by atoms with Crippen LogP contribution >= 0.6 is 0 Å². The average Bonchev–Trinajstić information content (AvgIpc) is 3.02. The summed E-state index contributed by atoms with van der Waals surface area (Å²) in [5, 5.41) is 40.1. The zero-order valence-corrected chi connectivity index (χ0v) is 23.1. The van der Waals surface area contributed by atoms with Crippen LogP contribution < -0.4 is 21.3 Å². The number of aliphatic hydroxyl groups is 2. The summed E-state index contributed by atoms with van der Waals surface area (Å²) in [6.07, 6.45) is 2.09. The normalized spacial score (nSPS) is 12.1. The van der Waals surface area contributed by atoms with Gasteiger partial charge in [-0.2, -0.15) is 5.26 Å². The Morgan fingerprint density at radius 3 is 2.40 bits per heavy atom. The SMILES string of the molecule is CNc1ncc(-c2ccc(CNc3ncc(C#N)cc3C(=O)N[C@@H](C)c3ccc(F)cc3)cc2)nc1NCC(O)CO. The summed E-state index contributed by atoms with van der Waals surface area (Å²) in [4.78, 5) is 26.4. The topological polar surface area (TPSA) is 168 Å². The minimum atomic E-state index is -0.928. The molecule has 11 nitrogen and oxygen atoms in total. The Labute approximate surface area is 242 Å². The minimum absolute atomic E-state index is 0.114. The molecule has 4 rings (SSSR count). The molecule has 2 aromatic heterocycles. The standard InChI is InChI=1S/C30H31FN8O3/c1-18(21-7-9-23(31)10-8-21)38-30(42)25-11-20(12-32)14-35-27(25)34-13-19-3-5-22(6-4-19)26-16-37-28(33-2)29(39-26)36-15-24(41)17-40/h3-11,14,16,18,24,40-41H,13,15,17H2,1-2H3,(H,33,37)(H,34,35)(H,36,39)(H,38,42)/t18-,24?/m0/s1. The Kier molecular flexibility index (Phi) is 9.94. The first kappa shape index (κ1) is 29.9. The van der Waals surface area contributed by atoms with Crippen molar-refractivity contribution in [3.63, 3.8) is 0 Å². The van der Waals surface area contributed by atoms with Crippen LogP contribution in [0.4, 0.5) is 21.8 Å². The van der Waals surface area contributed by atoms with Crippen LogP contribution in [0.25, 0.3) is 11.3 Å². The molecule has 0 saturated carbocycles. The Bertz CT molecular complexity index is 1560. The van der Waals surface area contributed by atoms with Gasteiger partial charge in [-0.1, -0.05) is 36.4 Å². The smallest absolute Gasteiger partial charge is 0.255 e. The number of anilines is 3. The predicted molar refractivity (Wildman–Crippen MR) is 157 cm³/mol. The van der Waals surface area contributed by atoms with Gasteiger partial charge in [-0.15, -0.1) is 0 Å². The fourth-order valence-electron chi connectivity index (χ4n) is 4.04. The van der Waals surface area contributed by atoms with Gasteiger partial charge in [-0.05, 0) is 36.2 Å². The number of aromatic nitrogens is 3. The minimum Gasteiger partial charge on any atom is -0.394 e. The lowest BCUT2D eigenvalue weighted by Crippen LogP contribution is -2.28. The number of hydrogen-bond acceptors (Lipinski definition) is 10. The van der Waals surface area contributed by atoms with Crippen molar-refractivity contribution >= 4 is 23.4 Å². The van der Waals surface area contributed by atoms with Gasteiger partial charge in [0.1, 0.15) is 17.7 Å². The number of aliphatic hydroxyl groups excluding tert-OH is 2. The zero-order valence-electron chi connectivity index (χ0n) is 23.1. The van der Waals surface area contributed by atoms with Crippen molar-refractivity contribution in [1.29, 1.82) is 5.26 Å². The van der Waals surface area contributed by atoms with Crippen LogP contribution in [-0.4, -0.2) is 57.4 Å². The van der Waals surface area contributed by atoms with Gasteiger partial charge in [0.05, 0.1) is 41.8 Å². The second-order valence-corrected chi connectivity index (χ2v) is 9.45. The molecule has 0 aliphatic heterocycles. The zero-order chi connectivity index (χ0) is 30.1. The summed E-state index contributed by atoms with van der Waals surface area (Å²) in [5.74, 6) is 0.482. The molecule has 0 aliphatic rings. The fourth-order valence-corrected chi connectivity index (χ4v) is 4.04. The van der Waals surface area contributed by atoms with E-state index < -0.39 is 18.1 Å². The van der Waals surface area contributed by atoms with Crippen LogP contribution in [-0.2, 0) is 6.54 Å². The van der Waals surface area contributed by atoms with E-state index in [0.717, 1.165) is 16.7 Å². The van der Waals surface area contributed by atoms with Crippen molar-refractivity contribution in [1.82, 2.24) is 20.3 Å². The second kappa shape index (κ2) is 14.0. The van der Waals surface area contributed by atoms with E-state index in [-0.39, 0.29) is 30.1 Å². The third-order valence-corrected chi connectivity index (χ3v) is 6.41. The fraction of sp³-hybridized carbons (Fsp3) is 0.233. The molecule has 12 heteroatoms. The van der Waals surface area contributed by atoms with Crippen LogP contribution in [0.15, 0.2) is 67.0 Å². The molecule has 0 radical (unpaired) electrons. The average molecular weight is 571 g/mol. The van der Waals surface area contributed by atoms with Crippen molar-refractivity contribution in [3.8, 4) is 17.3 Å². The van der Waals surface area contributed by atoms with Crippen molar-refractivity contribution in [2.45, 2.75) is 25.6 Å². The van der Waals surface area contributed by atoms with E-state index in [0.29, 0.717) is 29.7 Å². The van der Waals surface area contributed by atoms with Crippen molar-refractivity contribution in [2.75, 3.05) is 36.1 Å². The molecule has 2 atom stereocenters. The predicted octanol–water partition coefficient (Wildman–Crippen LogP) is 3.46. The molecule has 0 fully saturated rings. The van der Waals surface area contributed by atoms with Gasteiger partial charge in [-0.25, -0.2) is 19.3 Å². The number of nitriles is 1. The highest BCUT2D eigenvalue weighted by Crippen LogP contribution is 2.24. The van der Waals surface area contributed by atoms with E-state index in [1.54, 1.807) is 32.3 Å². The first-order chi connectivity index (χ1) is 20.3. The third kappa shape index (κ3) is 7.54. The largest absolute Gasteiger partial charge is 0.394 e. The number of carbonyl (C=O) groups is 1. The Morgan fingerprint density at radius 2 is 1.74 bits per heavy atom. The number of pyridine rings is 1. The van der Waals surface area contributed by atoms with Crippen LogP contribution in [0.1, 0.15) is 40.0 Å². The molecular weight excluding hydrogens is 539 g/mol. The highest BCUT2D eigenvalue weighted by atomic mass is 19.1. The molecule has 4 aromatic rings. The highest BCUT2D eigenvalue weighted by Gasteiger charge is 2.17. The molecule has 1 unspecified atom stereocenters. The first-order valence-corrected chi connectivity index (χ1v) is 13.2. The number of hydrogen-bond donors (Lipinski definition) is 6. The van der Waals surface area contributed by atoms with Crippen LogP contribution in [0.2, 0.25) is 0 Å². The Morgan fingerprint density at radius 1 is 1.02 bits per heavy atom. The molecular formula is C30H31FN8O3. The van der Waals surface area contributed by atoms with E-state index in [1.165, 1.54) is 24.4 Å². The third-order valence-electron chi connectivity index (χ3n) is 6.41. The van der Waals surface area contributed by atoms with Crippen molar-refractivity contribution < 1.29 is 19.4 Å². The molecule has 0 aliphatic carbocycles. The molecule has 216 valence electrons. The van der Waals surface area contributed by atoms with Crippen LogP contribution in [0, 0.1) is 17.1 Å². The van der Waals surface area contributed by atoms with Gasteiger partial charge in [0.15, 0.2) is 11.6 Å². The molecule has 0 bridgehead atoms. The van der Waals surface area contributed by atoms with E-state index in [9.17, 15) is 19.6 Å². The lowest BCUT2D eigenvalue weighted by Gasteiger charge is -2.17. The monoisotopic (exact) mass is 570 g/mol. The quantitative estimate of drug-likeness (QED) is 0.148. The summed E-state index contributed by atoms with van der Waals surface area (Å²) in [6.45, 7) is 1.88. The summed E-state index contributed by atoms with van der Waals surface area (Å²) < 4.78 is 13.3. The maximum Gasteiger partial charge on any atom is 0.255 e. The number of carbonyl (C=O) groups excluding carboxylic acids is 1. The van der Waals surface area contributed by atoms with Crippen molar-refractivity contribution in [3.05, 3.63) is 95.1 Å². The molecule has 0 spiro atoms. The van der Waals surface area contributed by atoms with Gasteiger partial charge in [0, 0.05) is 31.9 Å². The van der Waals surface area contributed by atoms with E-state index >= 15 is 0 Å². The number of nitrogens with one attached hydrogen (secondary N) is 4. The maximum atomic E-state index is 13.3. The van der Waals surface area contributed by atoms with E-state index in [2.05, 4.69) is 36.2 Å². The molecule has 6 N–H and O–H groups in total. The van der Waals surface area contributed by atoms with E-state index in [4.69, 9.17) is 5.11 Å². The Hall–Kier alpha value is -5.12. The van der Waals surface area contributed by atoms with Gasteiger partial charge in [0.25, 0.3) is 5.91 Å². The number of halogens is 1. The summed E-state index contributed by atoms with van der Waals surface area (Å²) in [6, 6.07) is 16.5. The maximum absolute atomic E-state index is 13.3. The second-order valence-electron chi connectivity index (χ2n) is 9.45. The van der Waals surface area contributed by atoms with Crippen LogP contribution in [0.5, 0.6) is 0 Å². The molecule has 42 heavy (non-hydrogen) atoms. The lowest BCUT2D eigenvalue weighted by atomic mass is 10.1. The number of benzene rings is 2. The van der Waals surface area contributed by atoms with Gasteiger partial charge >= 0.3 is 0 Å². The van der Waals surface area contributed by atoms with E-state index in [1.807, 2.05) is 30.3 Å². The highest BCUT2D eigenvalue weighted by molar-refractivity contribution is 5.99. The number of nitrogens with zero attached hydrogens (tertiary/aromatic N) is 4. The molecule has 2 aromatic carbocycles. The lowest BCUT2D eigenvalue weighted by molar-refractivity contribution is 0.0940.